The molecule has 2 N–H and O–H groups in total. The van der Waals surface area contributed by atoms with E-state index in [0.717, 1.165) is 25.9 Å². The Hall–Kier alpha value is -1.91. The van der Waals surface area contributed by atoms with Crippen molar-refractivity contribution in [2.75, 3.05) is 25.9 Å². The smallest absolute Gasteiger partial charge is 0.263 e. The number of likely N-dealkylation sites (tertiary alicyclic amines) is 1. The molecule has 1 aliphatic rings. The Labute approximate surface area is 119 Å². The van der Waals surface area contributed by atoms with Crippen molar-refractivity contribution in [1.82, 2.24) is 4.90 Å². The number of nitrogens with two attached hydrogens (primary N) is 1. The van der Waals surface area contributed by atoms with Crippen LogP contribution in [0, 0.1) is 0 Å². The molecule has 5 heteroatoms. The number of piperidine rings is 1. The van der Waals surface area contributed by atoms with Gasteiger partial charge in [0.1, 0.15) is 11.5 Å². The van der Waals surface area contributed by atoms with Crippen molar-refractivity contribution < 1.29 is 14.3 Å². The van der Waals surface area contributed by atoms with E-state index in [0.29, 0.717) is 17.2 Å². The number of hydrogen-bond acceptors (Lipinski definition) is 4. The first-order chi connectivity index (χ1) is 9.61. The Balaban J connectivity index is 2.03. The van der Waals surface area contributed by atoms with Crippen molar-refractivity contribution in [1.29, 1.82) is 0 Å². The molecule has 1 unspecified atom stereocenters. The van der Waals surface area contributed by atoms with Crippen LogP contribution in [-0.4, -0.2) is 37.1 Å². The van der Waals surface area contributed by atoms with E-state index in [4.69, 9.17) is 15.2 Å². The second-order valence-electron chi connectivity index (χ2n) is 5.05. The Morgan fingerprint density at radius 1 is 1.30 bits per heavy atom. The molecule has 1 amide bonds. The molecule has 0 aromatic heterocycles. The van der Waals surface area contributed by atoms with Gasteiger partial charge in [0.25, 0.3) is 5.91 Å². The first-order valence-electron chi connectivity index (χ1n) is 7.01. The molecule has 1 aromatic rings. The van der Waals surface area contributed by atoms with Crippen LogP contribution in [0.25, 0.3) is 0 Å². The number of anilines is 1. The highest BCUT2D eigenvalue weighted by Gasteiger charge is 2.24. The average molecular weight is 278 g/mol. The van der Waals surface area contributed by atoms with E-state index >= 15 is 0 Å². The Kier molecular flexibility index (Phi) is 4.71. The van der Waals surface area contributed by atoms with E-state index in [1.54, 1.807) is 32.2 Å². The SMILES string of the molecule is COc1ccc(N)c(OC(C)C(=O)N2CCCCC2)c1. The van der Waals surface area contributed by atoms with E-state index in [2.05, 4.69) is 0 Å². The third-order valence-corrected chi connectivity index (χ3v) is 3.54. The van der Waals surface area contributed by atoms with Crippen molar-refractivity contribution in [2.24, 2.45) is 0 Å². The summed E-state index contributed by atoms with van der Waals surface area (Å²) in [7, 11) is 1.58. The number of nitrogen functional groups attached to an aromatic ring is 1. The van der Waals surface area contributed by atoms with Crippen LogP contribution in [0.2, 0.25) is 0 Å². The topological polar surface area (TPSA) is 64.8 Å². The third-order valence-electron chi connectivity index (χ3n) is 3.54. The van der Waals surface area contributed by atoms with Crippen LogP contribution in [0.15, 0.2) is 18.2 Å². The minimum atomic E-state index is -0.539. The molecule has 0 saturated carbocycles. The van der Waals surface area contributed by atoms with Crippen molar-refractivity contribution in [3.63, 3.8) is 0 Å². The Bertz CT molecular complexity index is 470. The standard InChI is InChI=1S/C15H22N2O3/c1-11(15(18)17-8-4-3-5-9-17)20-14-10-12(19-2)6-7-13(14)16/h6-7,10-11H,3-5,8-9,16H2,1-2H3. The highest BCUT2D eigenvalue weighted by Crippen LogP contribution is 2.28. The van der Waals surface area contributed by atoms with E-state index in [1.165, 1.54) is 6.42 Å². The molecule has 1 fully saturated rings. The zero-order chi connectivity index (χ0) is 14.5. The van der Waals surface area contributed by atoms with E-state index < -0.39 is 6.10 Å². The predicted octanol–water partition coefficient (Wildman–Crippen LogP) is 2.06. The number of rotatable bonds is 4. The van der Waals surface area contributed by atoms with Gasteiger partial charge in [-0.3, -0.25) is 4.79 Å². The van der Waals surface area contributed by atoms with Gasteiger partial charge >= 0.3 is 0 Å². The van der Waals surface area contributed by atoms with Crippen LogP contribution in [0.1, 0.15) is 26.2 Å². The molecular formula is C15H22N2O3. The minimum absolute atomic E-state index is 0.0203. The van der Waals surface area contributed by atoms with E-state index in [1.807, 2.05) is 4.90 Å². The van der Waals surface area contributed by atoms with E-state index in [9.17, 15) is 4.79 Å². The molecule has 1 heterocycles. The second kappa shape index (κ2) is 6.50. The summed E-state index contributed by atoms with van der Waals surface area (Å²) < 4.78 is 10.8. The summed E-state index contributed by atoms with van der Waals surface area (Å²) in [4.78, 5) is 14.2. The van der Waals surface area contributed by atoms with Crippen LogP contribution < -0.4 is 15.2 Å². The van der Waals surface area contributed by atoms with Gasteiger partial charge in [0.15, 0.2) is 6.10 Å². The molecule has 1 aliphatic heterocycles. The maximum atomic E-state index is 12.3. The van der Waals surface area contributed by atoms with Crippen molar-refractivity contribution in [2.45, 2.75) is 32.3 Å². The van der Waals surface area contributed by atoms with Gasteiger partial charge in [0.05, 0.1) is 12.8 Å². The molecule has 5 nitrogen and oxygen atoms in total. The number of carbonyl (C=O) groups is 1. The quantitative estimate of drug-likeness (QED) is 0.856. The van der Waals surface area contributed by atoms with Crippen molar-refractivity contribution in [3.05, 3.63) is 18.2 Å². The van der Waals surface area contributed by atoms with Crippen LogP contribution in [0.3, 0.4) is 0 Å². The van der Waals surface area contributed by atoms with Gasteiger partial charge in [-0.15, -0.1) is 0 Å². The Morgan fingerprint density at radius 2 is 2.00 bits per heavy atom. The molecule has 20 heavy (non-hydrogen) atoms. The number of amides is 1. The summed E-state index contributed by atoms with van der Waals surface area (Å²) in [5.74, 6) is 1.17. The number of nitrogens with zero attached hydrogens (tertiary/aromatic N) is 1. The Morgan fingerprint density at radius 3 is 2.65 bits per heavy atom. The van der Waals surface area contributed by atoms with Gasteiger partial charge in [0.2, 0.25) is 0 Å². The summed E-state index contributed by atoms with van der Waals surface area (Å²) >= 11 is 0. The van der Waals surface area contributed by atoms with E-state index in [-0.39, 0.29) is 5.91 Å². The molecule has 0 bridgehead atoms. The summed E-state index contributed by atoms with van der Waals surface area (Å²) in [5, 5.41) is 0. The average Bonchev–Trinajstić information content (AvgIpc) is 2.49. The molecule has 1 saturated heterocycles. The van der Waals surface area contributed by atoms with Gasteiger partial charge < -0.3 is 20.1 Å². The fourth-order valence-electron chi connectivity index (χ4n) is 2.36. The molecule has 2 rings (SSSR count). The molecule has 0 spiro atoms. The van der Waals surface area contributed by atoms with Crippen LogP contribution in [0.4, 0.5) is 5.69 Å². The van der Waals surface area contributed by atoms with Gasteiger partial charge in [0, 0.05) is 19.2 Å². The molecule has 1 aromatic carbocycles. The van der Waals surface area contributed by atoms with Gasteiger partial charge in [-0.2, -0.15) is 0 Å². The summed E-state index contributed by atoms with van der Waals surface area (Å²) in [6.45, 7) is 3.40. The summed E-state index contributed by atoms with van der Waals surface area (Å²) in [5.41, 5.74) is 6.37. The first kappa shape index (κ1) is 14.5. The number of methoxy groups -OCH3 is 1. The maximum absolute atomic E-state index is 12.3. The largest absolute Gasteiger partial charge is 0.497 e. The zero-order valence-electron chi connectivity index (χ0n) is 12.1. The highest BCUT2D eigenvalue weighted by atomic mass is 16.5. The second-order valence-corrected chi connectivity index (χ2v) is 5.05. The van der Waals surface area contributed by atoms with Gasteiger partial charge in [-0.25, -0.2) is 0 Å². The lowest BCUT2D eigenvalue weighted by molar-refractivity contribution is -0.138. The van der Waals surface area contributed by atoms with Crippen molar-refractivity contribution in [3.8, 4) is 11.5 Å². The van der Waals surface area contributed by atoms with Crippen LogP contribution in [0.5, 0.6) is 11.5 Å². The summed E-state index contributed by atoms with van der Waals surface area (Å²) in [6, 6.07) is 5.18. The number of ether oxygens (including phenoxy) is 2. The lowest BCUT2D eigenvalue weighted by Gasteiger charge is -2.29. The minimum Gasteiger partial charge on any atom is -0.497 e. The third kappa shape index (κ3) is 3.35. The number of benzene rings is 1. The number of hydrogen-bond donors (Lipinski definition) is 1. The predicted molar refractivity (Wildman–Crippen MR) is 77.9 cm³/mol. The molecule has 1 atom stereocenters. The van der Waals surface area contributed by atoms with Crippen LogP contribution >= 0.6 is 0 Å². The fourth-order valence-corrected chi connectivity index (χ4v) is 2.36. The first-order valence-corrected chi connectivity index (χ1v) is 7.01. The summed E-state index contributed by atoms with van der Waals surface area (Å²) in [6.07, 6.45) is 2.80. The highest BCUT2D eigenvalue weighted by molar-refractivity contribution is 5.81. The lowest BCUT2D eigenvalue weighted by atomic mass is 10.1. The monoisotopic (exact) mass is 278 g/mol. The van der Waals surface area contributed by atoms with Gasteiger partial charge in [-0.05, 0) is 38.3 Å². The molecular weight excluding hydrogens is 256 g/mol. The molecule has 0 radical (unpaired) electrons. The maximum Gasteiger partial charge on any atom is 0.263 e. The normalized spacial score (nSPS) is 16.6. The zero-order valence-corrected chi connectivity index (χ0v) is 12.1. The fraction of sp³-hybridized carbons (Fsp3) is 0.533. The lowest BCUT2D eigenvalue weighted by Crippen LogP contribution is -2.43. The van der Waals surface area contributed by atoms with Crippen molar-refractivity contribution >= 4 is 11.6 Å². The number of carbonyl (C=O) groups excluding carboxylic acids is 1. The van der Waals surface area contributed by atoms with Crippen LogP contribution in [-0.2, 0) is 4.79 Å². The molecule has 110 valence electrons. The van der Waals surface area contributed by atoms with Gasteiger partial charge in [-0.1, -0.05) is 0 Å². The molecule has 0 aliphatic carbocycles.